The Hall–Kier alpha value is -1.15. The summed E-state index contributed by atoms with van der Waals surface area (Å²) in [6.45, 7) is 4.99. The van der Waals surface area contributed by atoms with Crippen LogP contribution in [0.2, 0.25) is 0 Å². The normalized spacial score (nSPS) is 14.4. The van der Waals surface area contributed by atoms with Crippen LogP contribution in [0, 0.1) is 3.57 Å². The molecular formula is C14H18INO4. The van der Waals surface area contributed by atoms with Gasteiger partial charge in [0.05, 0.1) is 0 Å². The van der Waals surface area contributed by atoms with Gasteiger partial charge in [-0.15, -0.1) is 0 Å². The predicted octanol–water partition coefficient (Wildman–Crippen LogP) is 1.96. The molecule has 5 nitrogen and oxygen atoms in total. The van der Waals surface area contributed by atoms with Gasteiger partial charge in [-0.3, -0.25) is 0 Å². The van der Waals surface area contributed by atoms with Crippen molar-refractivity contribution < 1.29 is 19.4 Å². The molecule has 1 aromatic rings. The molecule has 0 saturated heterocycles. The molecule has 1 rings (SSSR count). The van der Waals surface area contributed by atoms with Crippen LogP contribution in [0.1, 0.15) is 26.3 Å². The second-order valence-corrected chi connectivity index (χ2v) is 6.83. The van der Waals surface area contributed by atoms with Crippen LogP contribution in [0.3, 0.4) is 0 Å². The zero-order valence-electron chi connectivity index (χ0n) is 11.6. The lowest BCUT2D eigenvalue weighted by Gasteiger charge is -2.28. The van der Waals surface area contributed by atoms with Gasteiger partial charge < -0.3 is 15.6 Å². The van der Waals surface area contributed by atoms with Crippen LogP contribution in [-0.4, -0.2) is 28.2 Å². The van der Waals surface area contributed by atoms with Crippen molar-refractivity contribution in [1.29, 1.82) is 0 Å². The van der Waals surface area contributed by atoms with E-state index in [0.29, 0.717) is 5.56 Å². The molecule has 3 N–H and O–H groups in total. The van der Waals surface area contributed by atoms with Crippen molar-refractivity contribution in [2.45, 2.75) is 38.3 Å². The monoisotopic (exact) mass is 391 g/mol. The Morgan fingerprint density at radius 1 is 1.25 bits per heavy atom. The number of ether oxygens (including phenoxy) is 1. The van der Waals surface area contributed by atoms with E-state index in [0.717, 1.165) is 3.57 Å². The maximum atomic E-state index is 12.1. The zero-order chi connectivity index (χ0) is 15.6. The van der Waals surface area contributed by atoms with Crippen LogP contribution in [0.4, 0.5) is 0 Å². The molecular weight excluding hydrogens is 373 g/mol. The minimum Gasteiger partial charge on any atom is -0.479 e. The number of hydrogen-bond donors (Lipinski definition) is 2. The largest absolute Gasteiger partial charge is 0.479 e. The first-order chi connectivity index (χ1) is 9.04. The summed E-state index contributed by atoms with van der Waals surface area (Å²) in [7, 11) is 0. The third kappa shape index (κ3) is 4.45. The number of benzene rings is 1. The molecule has 20 heavy (non-hydrogen) atoms. The molecule has 6 heteroatoms. The number of carbonyl (C=O) groups is 2. The third-order valence-corrected chi connectivity index (χ3v) is 3.26. The van der Waals surface area contributed by atoms with Gasteiger partial charge in [0.25, 0.3) is 0 Å². The Labute approximate surface area is 131 Å². The van der Waals surface area contributed by atoms with E-state index < -0.39 is 23.1 Å². The second kappa shape index (κ2) is 6.09. The number of aliphatic carboxylic acids is 1. The van der Waals surface area contributed by atoms with Crippen LogP contribution < -0.4 is 5.73 Å². The first kappa shape index (κ1) is 16.9. The van der Waals surface area contributed by atoms with Gasteiger partial charge in [0.2, 0.25) is 5.54 Å². The SMILES string of the molecule is CC(C)(C)OC(=O)C(N)(Cc1ccc(I)cc1)C(=O)O. The highest BCUT2D eigenvalue weighted by Gasteiger charge is 2.45. The van der Waals surface area contributed by atoms with Crippen molar-refractivity contribution in [3.63, 3.8) is 0 Å². The summed E-state index contributed by atoms with van der Waals surface area (Å²) in [5, 5.41) is 9.29. The van der Waals surface area contributed by atoms with Crippen molar-refractivity contribution >= 4 is 34.5 Å². The van der Waals surface area contributed by atoms with E-state index in [2.05, 4.69) is 22.6 Å². The standard InChI is InChI=1S/C14H18INO4/c1-13(2,3)20-12(19)14(16,11(17)18)8-9-4-6-10(15)7-5-9/h4-7H,8,16H2,1-3H3,(H,17,18). The minimum atomic E-state index is -2.08. The predicted molar refractivity (Wildman–Crippen MR) is 83.3 cm³/mol. The maximum Gasteiger partial charge on any atom is 0.338 e. The number of rotatable bonds is 4. The molecule has 0 heterocycles. The van der Waals surface area contributed by atoms with Gasteiger partial charge in [-0.05, 0) is 61.1 Å². The number of esters is 1. The highest BCUT2D eigenvalue weighted by molar-refractivity contribution is 14.1. The van der Waals surface area contributed by atoms with E-state index in [1.807, 2.05) is 12.1 Å². The molecule has 0 aliphatic heterocycles. The second-order valence-electron chi connectivity index (χ2n) is 5.58. The lowest BCUT2D eigenvalue weighted by molar-refractivity contribution is -0.169. The molecule has 0 aliphatic rings. The van der Waals surface area contributed by atoms with Crippen LogP contribution >= 0.6 is 22.6 Å². The topological polar surface area (TPSA) is 89.6 Å². The van der Waals surface area contributed by atoms with E-state index in [4.69, 9.17) is 10.5 Å². The van der Waals surface area contributed by atoms with E-state index in [9.17, 15) is 14.7 Å². The summed E-state index contributed by atoms with van der Waals surface area (Å²) in [6, 6.07) is 7.15. The first-order valence-corrected chi connectivity index (χ1v) is 7.12. The van der Waals surface area contributed by atoms with Gasteiger partial charge in [-0.1, -0.05) is 12.1 Å². The summed E-state index contributed by atoms with van der Waals surface area (Å²) in [6.07, 6.45) is -0.117. The van der Waals surface area contributed by atoms with Crippen LogP contribution in [-0.2, 0) is 20.7 Å². The van der Waals surface area contributed by atoms with Crippen LogP contribution in [0.25, 0.3) is 0 Å². The van der Waals surface area contributed by atoms with E-state index >= 15 is 0 Å². The Morgan fingerprint density at radius 3 is 2.15 bits per heavy atom. The Kier molecular flexibility index (Phi) is 5.15. The molecule has 0 aliphatic carbocycles. The van der Waals surface area contributed by atoms with Crippen LogP contribution in [0.15, 0.2) is 24.3 Å². The molecule has 1 unspecified atom stereocenters. The van der Waals surface area contributed by atoms with Gasteiger partial charge in [-0.2, -0.15) is 0 Å². The highest BCUT2D eigenvalue weighted by Crippen LogP contribution is 2.19. The zero-order valence-corrected chi connectivity index (χ0v) is 13.8. The summed E-state index contributed by atoms with van der Waals surface area (Å²) < 4.78 is 6.13. The van der Waals surface area contributed by atoms with Crippen molar-refractivity contribution in [1.82, 2.24) is 0 Å². The number of carboxylic acids is 1. The molecule has 0 aromatic heterocycles. The molecule has 110 valence electrons. The van der Waals surface area contributed by atoms with Crippen molar-refractivity contribution in [3.8, 4) is 0 Å². The van der Waals surface area contributed by atoms with Crippen molar-refractivity contribution in [2.75, 3.05) is 0 Å². The van der Waals surface area contributed by atoms with E-state index in [-0.39, 0.29) is 6.42 Å². The molecule has 0 spiro atoms. The van der Waals surface area contributed by atoms with Gasteiger partial charge in [-0.25, -0.2) is 9.59 Å². The fourth-order valence-electron chi connectivity index (χ4n) is 1.53. The van der Waals surface area contributed by atoms with Crippen LogP contribution in [0.5, 0.6) is 0 Å². The lowest BCUT2D eigenvalue weighted by atomic mass is 9.91. The fourth-order valence-corrected chi connectivity index (χ4v) is 1.89. The molecule has 0 fully saturated rings. The van der Waals surface area contributed by atoms with Crippen molar-refractivity contribution in [2.24, 2.45) is 5.73 Å². The molecule has 0 amide bonds. The van der Waals surface area contributed by atoms with Gasteiger partial charge in [0, 0.05) is 9.99 Å². The molecule has 1 aromatic carbocycles. The van der Waals surface area contributed by atoms with Gasteiger partial charge in [0.15, 0.2) is 0 Å². The average molecular weight is 391 g/mol. The summed E-state index contributed by atoms with van der Waals surface area (Å²) in [4.78, 5) is 23.5. The fraction of sp³-hybridized carbons (Fsp3) is 0.429. The lowest BCUT2D eigenvalue weighted by Crippen LogP contribution is -2.58. The molecule has 0 saturated carbocycles. The number of carbonyl (C=O) groups excluding carboxylic acids is 1. The minimum absolute atomic E-state index is 0.117. The average Bonchev–Trinajstić information content (AvgIpc) is 2.29. The third-order valence-electron chi connectivity index (χ3n) is 2.54. The summed E-state index contributed by atoms with van der Waals surface area (Å²) >= 11 is 2.14. The quantitative estimate of drug-likeness (QED) is 0.465. The van der Waals surface area contributed by atoms with Gasteiger partial charge in [0.1, 0.15) is 5.60 Å². The van der Waals surface area contributed by atoms with E-state index in [1.165, 1.54) is 0 Å². The number of nitrogens with two attached hydrogens (primary N) is 1. The molecule has 1 atom stereocenters. The maximum absolute atomic E-state index is 12.1. The first-order valence-electron chi connectivity index (χ1n) is 6.05. The van der Waals surface area contributed by atoms with Crippen molar-refractivity contribution in [3.05, 3.63) is 33.4 Å². The number of carboxylic acid groups (broad SMARTS) is 1. The Morgan fingerprint density at radius 2 is 1.75 bits per heavy atom. The van der Waals surface area contributed by atoms with E-state index in [1.54, 1.807) is 32.9 Å². The smallest absolute Gasteiger partial charge is 0.338 e. The summed E-state index contributed by atoms with van der Waals surface area (Å²) in [5.74, 6) is -2.33. The Balaban J connectivity index is 3.00. The molecule has 0 bridgehead atoms. The van der Waals surface area contributed by atoms with Gasteiger partial charge >= 0.3 is 11.9 Å². The highest BCUT2D eigenvalue weighted by atomic mass is 127. The Bertz CT molecular complexity index is 507. The summed E-state index contributed by atoms with van der Waals surface area (Å²) in [5.41, 5.74) is 3.58. The number of hydrogen-bond acceptors (Lipinski definition) is 4. The molecule has 0 radical (unpaired) electrons. The number of halogens is 1.